The Bertz CT molecular complexity index is 652. The van der Waals surface area contributed by atoms with Gasteiger partial charge in [0.05, 0.1) is 0 Å². The molecule has 0 amide bonds. The van der Waals surface area contributed by atoms with Crippen LogP contribution in [0.4, 0.5) is 0 Å². The molecule has 0 saturated heterocycles. The van der Waals surface area contributed by atoms with Gasteiger partial charge in [0.15, 0.2) is 5.78 Å². The maximum absolute atomic E-state index is 12.7. The van der Waals surface area contributed by atoms with E-state index in [0.29, 0.717) is 21.2 Å². The second kappa shape index (κ2) is 6.18. The second-order valence-electron chi connectivity index (χ2n) is 4.50. The summed E-state index contributed by atoms with van der Waals surface area (Å²) in [6.45, 7) is 3.79. The van der Waals surface area contributed by atoms with Gasteiger partial charge in [-0.05, 0) is 81.1 Å². The Morgan fingerprint density at radius 2 is 1.20 bits per heavy atom. The van der Waals surface area contributed by atoms with Gasteiger partial charge in [-0.15, -0.1) is 0 Å². The highest BCUT2D eigenvalue weighted by Crippen LogP contribution is 2.32. The third-order valence-corrected chi connectivity index (χ3v) is 5.47. The van der Waals surface area contributed by atoms with Crippen LogP contribution < -0.4 is 0 Å². The summed E-state index contributed by atoms with van der Waals surface area (Å²) in [6, 6.07) is 6.93. The molecule has 1 nitrogen and oxygen atoms in total. The molecule has 0 radical (unpaired) electrons. The van der Waals surface area contributed by atoms with Gasteiger partial charge in [0.1, 0.15) is 0 Å². The van der Waals surface area contributed by atoms with Gasteiger partial charge < -0.3 is 0 Å². The van der Waals surface area contributed by atoms with Crippen molar-refractivity contribution in [2.45, 2.75) is 13.8 Å². The Labute approximate surface area is 144 Å². The molecule has 0 aliphatic carbocycles. The normalized spacial score (nSPS) is 10.7. The average molecular weight is 437 g/mol. The third-order valence-electron chi connectivity index (χ3n) is 2.93. The van der Waals surface area contributed by atoms with Gasteiger partial charge in [-0.1, -0.05) is 23.2 Å². The lowest BCUT2D eigenvalue weighted by molar-refractivity contribution is 0.103. The Balaban J connectivity index is 2.64. The van der Waals surface area contributed by atoms with Crippen LogP contribution in [-0.2, 0) is 0 Å². The minimum Gasteiger partial charge on any atom is -0.289 e. The molecule has 2 aromatic rings. The Kier molecular flexibility index (Phi) is 4.96. The van der Waals surface area contributed by atoms with Gasteiger partial charge >= 0.3 is 0 Å². The summed E-state index contributed by atoms with van der Waals surface area (Å²) < 4.78 is 1.49. The van der Waals surface area contributed by atoms with Crippen LogP contribution in [0.15, 0.2) is 33.2 Å². The molecular formula is C15H10Br2Cl2O. The van der Waals surface area contributed by atoms with E-state index in [2.05, 4.69) is 31.9 Å². The summed E-state index contributed by atoms with van der Waals surface area (Å²) in [7, 11) is 0. The Morgan fingerprint density at radius 3 is 1.55 bits per heavy atom. The number of halogens is 4. The number of rotatable bonds is 2. The SMILES string of the molecule is Cc1cc(Cl)cc(C(=O)c2cc(Cl)cc(C)c2Br)c1Br. The van der Waals surface area contributed by atoms with Crippen LogP contribution in [0.1, 0.15) is 27.0 Å². The van der Waals surface area contributed by atoms with Gasteiger partial charge in [0, 0.05) is 30.1 Å². The van der Waals surface area contributed by atoms with Crippen LogP contribution >= 0.6 is 55.1 Å². The zero-order valence-corrected chi connectivity index (χ0v) is 15.4. The summed E-state index contributed by atoms with van der Waals surface area (Å²) in [4.78, 5) is 12.7. The number of hydrogen-bond donors (Lipinski definition) is 0. The molecule has 0 unspecified atom stereocenters. The predicted octanol–water partition coefficient (Wildman–Crippen LogP) is 6.37. The van der Waals surface area contributed by atoms with Crippen LogP contribution in [0.5, 0.6) is 0 Å². The molecular weight excluding hydrogens is 427 g/mol. The fraction of sp³-hybridized carbons (Fsp3) is 0.133. The van der Waals surface area contributed by atoms with Crippen molar-refractivity contribution >= 4 is 60.8 Å². The van der Waals surface area contributed by atoms with Crippen molar-refractivity contribution in [2.75, 3.05) is 0 Å². The first-order chi connectivity index (χ1) is 9.31. The van der Waals surface area contributed by atoms with Crippen molar-refractivity contribution in [1.82, 2.24) is 0 Å². The molecule has 0 aromatic heterocycles. The molecule has 0 saturated carbocycles. The fourth-order valence-corrected chi connectivity index (χ4v) is 3.29. The molecule has 0 bridgehead atoms. The summed E-state index contributed by atoms with van der Waals surface area (Å²) in [5, 5.41) is 1.06. The zero-order chi connectivity index (χ0) is 15.0. The van der Waals surface area contributed by atoms with Crippen LogP contribution in [0.2, 0.25) is 10.0 Å². The van der Waals surface area contributed by atoms with Crippen LogP contribution in [0.3, 0.4) is 0 Å². The summed E-state index contributed by atoms with van der Waals surface area (Å²) in [6.07, 6.45) is 0. The van der Waals surface area contributed by atoms with Crippen molar-refractivity contribution in [2.24, 2.45) is 0 Å². The molecule has 20 heavy (non-hydrogen) atoms. The van der Waals surface area contributed by atoms with Crippen molar-refractivity contribution in [3.63, 3.8) is 0 Å². The molecule has 0 N–H and O–H groups in total. The van der Waals surface area contributed by atoms with Crippen molar-refractivity contribution in [1.29, 1.82) is 0 Å². The molecule has 2 rings (SSSR count). The van der Waals surface area contributed by atoms with Gasteiger partial charge in [-0.25, -0.2) is 0 Å². The summed E-state index contributed by atoms with van der Waals surface area (Å²) in [5.74, 6) is -0.125. The van der Waals surface area contributed by atoms with E-state index in [1.54, 1.807) is 24.3 Å². The Hall–Kier alpha value is -0.350. The number of ketones is 1. The van der Waals surface area contributed by atoms with E-state index < -0.39 is 0 Å². The molecule has 104 valence electrons. The maximum Gasteiger partial charge on any atom is 0.195 e. The van der Waals surface area contributed by atoms with Gasteiger partial charge in [-0.2, -0.15) is 0 Å². The van der Waals surface area contributed by atoms with E-state index >= 15 is 0 Å². The summed E-state index contributed by atoms with van der Waals surface area (Å²) in [5.41, 5.74) is 2.88. The van der Waals surface area contributed by atoms with E-state index in [4.69, 9.17) is 23.2 Å². The summed E-state index contributed by atoms with van der Waals surface area (Å²) >= 11 is 19.0. The molecule has 0 aliphatic heterocycles. The smallest absolute Gasteiger partial charge is 0.195 e. The van der Waals surface area contributed by atoms with Crippen molar-refractivity contribution in [3.05, 3.63) is 65.5 Å². The van der Waals surface area contributed by atoms with Crippen molar-refractivity contribution in [3.8, 4) is 0 Å². The number of benzene rings is 2. The topological polar surface area (TPSA) is 17.1 Å². The van der Waals surface area contributed by atoms with E-state index in [1.807, 2.05) is 13.8 Å². The average Bonchev–Trinajstić information content (AvgIpc) is 2.37. The largest absolute Gasteiger partial charge is 0.289 e. The number of carbonyl (C=O) groups is 1. The fourth-order valence-electron chi connectivity index (χ4n) is 1.93. The van der Waals surface area contributed by atoms with E-state index in [0.717, 1.165) is 20.1 Å². The second-order valence-corrected chi connectivity index (χ2v) is 6.96. The first kappa shape index (κ1) is 16.0. The molecule has 0 fully saturated rings. The minimum absolute atomic E-state index is 0.125. The molecule has 0 aliphatic rings. The van der Waals surface area contributed by atoms with E-state index in [9.17, 15) is 4.79 Å². The quantitative estimate of drug-likeness (QED) is 0.500. The molecule has 0 atom stereocenters. The van der Waals surface area contributed by atoms with Crippen molar-refractivity contribution < 1.29 is 4.79 Å². The molecule has 2 aromatic carbocycles. The lowest BCUT2D eigenvalue weighted by atomic mass is 10.00. The molecule has 5 heteroatoms. The molecule has 0 heterocycles. The third kappa shape index (κ3) is 3.11. The number of hydrogen-bond acceptors (Lipinski definition) is 1. The van der Waals surface area contributed by atoms with Crippen LogP contribution in [-0.4, -0.2) is 5.78 Å². The lowest BCUT2D eigenvalue weighted by Gasteiger charge is -2.11. The highest BCUT2D eigenvalue weighted by molar-refractivity contribution is 9.11. The minimum atomic E-state index is -0.125. The maximum atomic E-state index is 12.7. The van der Waals surface area contributed by atoms with Crippen LogP contribution in [0.25, 0.3) is 0 Å². The van der Waals surface area contributed by atoms with Gasteiger partial charge in [-0.3, -0.25) is 4.79 Å². The number of aryl methyl sites for hydroxylation is 2. The first-order valence-electron chi connectivity index (χ1n) is 5.77. The van der Waals surface area contributed by atoms with Gasteiger partial charge in [0.25, 0.3) is 0 Å². The molecule has 0 spiro atoms. The monoisotopic (exact) mass is 434 g/mol. The Morgan fingerprint density at radius 1 is 0.850 bits per heavy atom. The van der Waals surface area contributed by atoms with E-state index in [-0.39, 0.29) is 5.78 Å². The van der Waals surface area contributed by atoms with Gasteiger partial charge in [0.2, 0.25) is 0 Å². The lowest BCUT2D eigenvalue weighted by Crippen LogP contribution is -2.05. The first-order valence-corrected chi connectivity index (χ1v) is 8.11. The van der Waals surface area contributed by atoms with E-state index in [1.165, 1.54) is 0 Å². The highest BCUT2D eigenvalue weighted by atomic mass is 79.9. The number of carbonyl (C=O) groups excluding carboxylic acids is 1. The van der Waals surface area contributed by atoms with Crippen LogP contribution in [0, 0.1) is 13.8 Å². The zero-order valence-electron chi connectivity index (χ0n) is 10.7. The highest BCUT2D eigenvalue weighted by Gasteiger charge is 2.19. The standard InChI is InChI=1S/C15H10Br2Cl2O/c1-7-3-9(18)5-11(13(7)16)15(20)12-6-10(19)4-8(2)14(12)17/h3-6H,1-2H3. The predicted molar refractivity (Wildman–Crippen MR) is 91.2 cm³/mol.